The summed E-state index contributed by atoms with van der Waals surface area (Å²) in [5.41, 5.74) is 1.17. The van der Waals surface area contributed by atoms with Crippen LogP contribution in [-0.4, -0.2) is 34.4 Å². The normalized spacial score (nSPS) is 16.7. The van der Waals surface area contributed by atoms with E-state index in [1.165, 1.54) is 17.3 Å². The van der Waals surface area contributed by atoms with Crippen LogP contribution in [0, 0.1) is 5.92 Å². The minimum Gasteiger partial charge on any atom is -0.381 e. The molecule has 1 aliphatic heterocycles. The zero-order valence-corrected chi connectivity index (χ0v) is 14.7. The number of imidazole rings is 1. The van der Waals surface area contributed by atoms with E-state index >= 15 is 0 Å². The maximum Gasteiger partial charge on any atom is 0.230 e. The lowest BCUT2D eigenvalue weighted by Gasteiger charge is -2.31. The summed E-state index contributed by atoms with van der Waals surface area (Å²) in [5.74, 6) is 0.837. The predicted molar refractivity (Wildman–Crippen MR) is 94.8 cm³/mol. The molecule has 0 radical (unpaired) electrons. The predicted octanol–water partition coefficient (Wildman–Crippen LogP) is 2.80. The number of aromatic nitrogens is 2. The van der Waals surface area contributed by atoms with Crippen LogP contribution in [0.1, 0.15) is 24.4 Å². The number of benzene rings is 1. The van der Waals surface area contributed by atoms with Gasteiger partial charge in [0.1, 0.15) is 0 Å². The largest absolute Gasteiger partial charge is 0.381 e. The number of nitrogens with zero attached hydrogens (tertiary/aromatic N) is 2. The summed E-state index contributed by atoms with van der Waals surface area (Å²) in [6, 6.07) is 10.3. The first-order chi connectivity index (χ1) is 11.7. The fourth-order valence-corrected chi connectivity index (χ4v) is 3.76. The molecule has 1 atom stereocenters. The van der Waals surface area contributed by atoms with E-state index < -0.39 is 0 Å². The molecule has 0 bridgehead atoms. The molecule has 5 nitrogen and oxygen atoms in total. The third kappa shape index (κ3) is 4.39. The van der Waals surface area contributed by atoms with Crippen LogP contribution in [0.15, 0.2) is 47.9 Å². The molecule has 0 spiro atoms. The van der Waals surface area contributed by atoms with Crippen LogP contribution in [0.25, 0.3) is 0 Å². The third-order valence-electron chi connectivity index (χ3n) is 4.32. The van der Waals surface area contributed by atoms with Crippen molar-refractivity contribution in [1.29, 1.82) is 0 Å². The number of thioether (sulfide) groups is 1. The summed E-state index contributed by atoms with van der Waals surface area (Å²) in [4.78, 5) is 16.7. The Kier molecular flexibility index (Phi) is 5.93. The van der Waals surface area contributed by atoms with Gasteiger partial charge in [0.2, 0.25) is 5.91 Å². The average molecular weight is 345 g/mol. The van der Waals surface area contributed by atoms with Gasteiger partial charge in [0.25, 0.3) is 0 Å². The minimum atomic E-state index is 0.0448. The van der Waals surface area contributed by atoms with Crippen molar-refractivity contribution < 1.29 is 9.53 Å². The van der Waals surface area contributed by atoms with Crippen molar-refractivity contribution >= 4 is 17.7 Å². The van der Waals surface area contributed by atoms with E-state index in [0.29, 0.717) is 11.7 Å². The van der Waals surface area contributed by atoms with Crippen LogP contribution >= 0.6 is 11.8 Å². The number of rotatable bonds is 6. The smallest absolute Gasteiger partial charge is 0.230 e. The van der Waals surface area contributed by atoms with Crippen LogP contribution in [0.5, 0.6) is 0 Å². The number of hydrogen-bond acceptors (Lipinski definition) is 4. The molecule has 2 aromatic rings. The van der Waals surface area contributed by atoms with Crippen molar-refractivity contribution in [1.82, 2.24) is 14.9 Å². The summed E-state index contributed by atoms with van der Waals surface area (Å²) >= 11 is 1.46. The molecular weight excluding hydrogens is 322 g/mol. The molecule has 0 aliphatic carbocycles. The molecule has 1 aromatic heterocycles. The average Bonchev–Trinajstić information content (AvgIpc) is 3.04. The highest BCUT2D eigenvalue weighted by atomic mass is 32.2. The van der Waals surface area contributed by atoms with E-state index in [4.69, 9.17) is 4.74 Å². The molecule has 3 rings (SSSR count). The highest BCUT2D eigenvalue weighted by Gasteiger charge is 2.26. The van der Waals surface area contributed by atoms with E-state index in [1.807, 2.05) is 36.0 Å². The first-order valence-electron chi connectivity index (χ1n) is 8.26. The Bertz CT molecular complexity index is 653. The topological polar surface area (TPSA) is 56.2 Å². The van der Waals surface area contributed by atoms with Crippen molar-refractivity contribution in [2.45, 2.75) is 24.0 Å². The zero-order valence-electron chi connectivity index (χ0n) is 13.9. The van der Waals surface area contributed by atoms with E-state index in [9.17, 15) is 4.79 Å². The summed E-state index contributed by atoms with van der Waals surface area (Å²) in [7, 11) is 1.93. The Morgan fingerprint density at radius 2 is 2.12 bits per heavy atom. The highest BCUT2D eigenvalue weighted by molar-refractivity contribution is 7.99. The van der Waals surface area contributed by atoms with E-state index in [0.717, 1.165) is 31.2 Å². The quantitative estimate of drug-likeness (QED) is 0.818. The summed E-state index contributed by atoms with van der Waals surface area (Å²) in [6.07, 6.45) is 5.59. The molecule has 0 saturated carbocycles. The number of carbonyl (C=O) groups excluding carboxylic acids is 1. The summed E-state index contributed by atoms with van der Waals surface area (Å²) in [5, 5.41) is 4.09. The molecule has 128 valence electrons. The molecule has 6 heteroatoms. The van der Waals surface area contributed by atoms with E-state index in [1.54, 1.807) is 6.20 Å². The van der Waals surface area contributed by atoms with Crippen molar-refractivity contribution in [3.8, 4) is 0 Å². The number of aryl methyl sites for hydroxylation is 1. The number of amides is 1. The number of ether oxygens (including phenoxy) is 1. The van der Waals surface area contributed by atoms with Crippen LogP contribution in [0.2, 0.25) is 0 Å². The molecule has 1 amide bonds. The van der Waals surface area contributed by atoms with Gasteiger partial charge in [-0.2, -0.15) is 0 Å². The Balaban J connectivity index is 1.64. The van der Waals surface area contributed by atoms with Gasteiger partial charge in [0.15, 0.2) is 5.16 Å². The highest BCUT2D eigenvalue weighted by Crippen LogP contribution is 2.30. The Morgan fingerprint density at radius 3 is 2.79 bits per heavy atom. The van der Waals surface area contributed by atoms with Gasteiger partial charge in [0.05, 0.1) is 11.8 Å². The van der Waals surface area contributed by atoms with Gasteiger partial charge in [-0.3, -0.25) is 4.79 Å². The first-order valence-corrected chi connectivity index (χ1v) is 9.25. The maximum atomic E-state index is 12.5. The van der Waals surface area contributed by atoms with Crippen LogP contribution in [0.4, 0.5) is 0 Å². The van der Waals surface area contributed by atoms with Crippen molar-refractivity contribution in [2.24, 2.45) is 13.0 Å². The van der Waals surface area contributed by atoms with Gasteiger partial charge in [0, 0.05) is 32.7 Å². The molecule has 1 aliphatic rings. The van der Waals surface area contributed by atoms with Crippen molar-refractivity contribution in [3.63, 3.8) is 0 Å². The number of hydrogen-bond donors (Lipinski definition) is 1. The second-order valence-electron chi connectivity index (χ2n) is 6.02. The SMILES string of the molecule is Cn1ccnc1SCC(=O)N[C@@H](c1ccccc1)C1CCOCC1. The lowest BCUT2D eigenvalue weighted by molar-refractivity contribution is -0.120. The number of carbonyl (C=O) groups is 1. The zero-order chi connectivity index (χ0) is 16.8. The van der Waals surface area contributed by atoms with Crippen molar-refractivity contribution in [2.75, 3.05) is 19.0 Å². The molecule has 1 fully saturated rings. The molecule has 1 N–H and O–H groups in total. The second kappa shape index (κ2) is 8.35. The van der Waals surface area contributed by atoms with E-state index in [2.05, 4.69) is 22.4 Å². The Morgan fingerprint density at radius 1 is 1.38 bits per heavy atom. The van der Waals surface area contributed by atoms with Gasteiger partial charge < -0.3 is 14.6 Å². The third-order valence-corrected chi connectivity index (χ3v) is 5.38. The lowest BCUT2D eigenvalue weighted by atomic mass is 9.87. The van der Waals surface area contributed by atoms with Crippen LogP contribution in [-0.2, 0) is 16.6 Å². The van der Waals surface area contributed by atoms with Crippen LogP contribution in [0.3, 0.4) is 0 Å². The molecule has 0 unspecified atom stereocenters. The number of nitrogens with one attached hydrogen (secondary N) is 1. The Labute approximate surface area is 146 Å². The Hall–Kier alpha value is -1.79. The lowest BCUT2D eigenvalue weighted by Crippen LogP contribution is -2.36. The van der Waals surface area contributed by atoms with Crippen molar-refractivity contribution in [3.05, 3.63) is 48.3 Å². The van der Waals surface area contributed by atoms with Gasteiger partial charge in [-0.1, -0.05) is 42.1 Å². The summed E-state index contributed by atoms with van der Waals surface area (Å²) < 4.78 is 7.39. The van der Waals surface area contributed by atoms with Crippen LogP contribution < -0.4 is 5.32 Å². The fraction of sp³-hybridized carbons (Fsp3) is 0.444. The fourth-order valence-electron chi connectivity index (χ4n) is 3.02. The second-order valence-corrected chi connectivity index (χ2v) is 6.96. The van der Waals surface area contributed by atoms with Gasteiger partial charge >= 0.3 is 0 Å². The van der Waals surface area contributed by atoms with Gasteiger partial charge in [-0.25, -0.2) is 4.98 Å². The first kappa shape index (κ1) is 17.0. The summed E-state index contributed by atoms with van der Waals surface area (Å²) in [6.45, 7) is 1.54. The molecular formula is C18H23N3O2S. The maximum absolute atomic E-state index is 12.5. The minimum absolute atomic E-state index is 0.0448. The van der Waals surface area contributed by atoms with Gasteiger partial charge in [-0.05, 0) is 24.3 Å². The standard InChI is InChI=1S/C18H23N3O2S/c1-21-10-9-19-18(21)24-13-16(22)20-17(14-5-3-2-4-6-14)15-7-11-23-12-8-15/h2-6,9-10,15,17H,7-8,11-13H2,1H3,(H,20,22)/t17-/m0/s1. The monoisotopic (exact) mass is 345 g/mol. The molecule has 2 heterocycles. The molecule has 1 aromatic carbocycles. The van der Waals surface area contributed by atoms with E-state index in [-0.39, 0.29) is 11.9 Å². The van der Waals surface area contributed by atoms with Gasteiger partial charge in [-0.15, -0.1) is 0 Å². The molecule has 24 heavy (non-hydrogen) atoms. The molecule has 1 saturated heterocycles.